The topological polar surface area (TPSA) is 29.1 Å². The first-order valence-corrected chi connectivity index (χ1v) is 8.15. The van der Waals surface area contributed by atoms with Crippen molar-refractivity contribution in [3.8, 4) is 0 Å². The number of hydrogen-bond acceptors (Lipinski definition) is 2. The first-order valence-electron chi connectivity index (χ1n) is 7.16. The number of thioether (sulfide) groups is 1. The molecule has 0 aromatic heterocycles. The highest BCUT2D eigenvalue weighted by Crippen LogP contribution is 2.18. The van der Waals surface area contributed by atoms with E-state index >= 15 is 0 Å². The quantitative estimate of drug-likeness (QED) is 0.818. The standard InChI is InChI=1S/C18H21NOS/c1-4-21-17-7-5-15(6-8-17)12-18(20)19-16-10-13(2)9-14(3)11-16/h5-11H,4,12H2,1-3H3,(H,19,20). The Balaban J connectivity index is 1.97. The SMILES string of the molecule is CCSc1ccc(CC(=O)Nc2cc(C)cc(C)c2)cc1. The largest absolute Gasteiger partial charge is 0.326 e. The third-order valence-electron chi connectivity index (χ3n) is 3.10. The minimum atomic E-state index is 0.0240. The fourth-order valence-electron chi connectivity index (χ4n) is 2.31. The second-order valence-electron chi connectivity index (χ2n) is 5.18. The summed E-state index contributed by atoms with van der Waals surface area (Å²) >= 11 is 1.81. The van der Waals surface area contributed by atoms with Crippen molar-refractivity contribution >= 4 is 23.4 Å². The molecule has 0 atom stereocenters. The van der Waals surface area contributed by atoms with E-state index in [0.29, 0.717) is 6.42 Å². The van der Waals surface area contributed by atoms with Gasteiger partial charge in [-0.1, -0.05) is 25.1 Å². The predicted octanol–water partition coefficient (Wildman–Crippen LogP) is 4.60. The van der Waals surface area contributed by atoms with Crippen molar-refractivity contribution in [2.24, 2.45) is 0 Å². The van der Waals surface area contributed by atoms with Crippen molar-refractivity contribution < 1.29 is 4.79 Å². The lowest BCUT2D eigenvalue weighted by Gasteiger charge is -2.08. The molecule has 110 valence electrons. The van der Waals surface area contributed by atoms with Gasteiger partial charge in [0.25, 0.3) is 0 Å². The van der Waals surface area contributed by atoms with Crippen LogP contribution in [0.4, 0.5) is 5.69 Å². The summed E-state index contributed by atoms with van der Waals surface area (Å²) in [5.74, 6) is 1.09. The first-order chi connectivity index (χ1) is 10.1. The monoisotopic (exact) mass is 299 g/mol. The van der Waals surface area contributed by atoms with Gasteiger partial charge in [-0.3, -0.25) is 4.79 Å². The minimum Gasteiger partial charge on any atom is -0.326 e. The van der Waals surface area contributed by atoms with Crippen LogP contribution in [-0.2, 0) is 11.2 Å². The van der Waals surface area contributed by atoms with Crippen molar-refractivity contribution in [1.82, 2.24) is 0 Å². The highest BCUT2D eigenvalue weighted by molar-refractivity contribution is 7.99. The highest BCUT2D eigenvalue weighted by Gasteiger charge is 2.05. The van der Waals surface area contributed by atoms with Crippen LogP contribution >= 0.6 is 11.8 Å². The summed E-state index contributed by atoms with van der Waals surface area (Å²) in [5, 5.41) is 2.97. The third kappa shape index (κ3) is 4.94. The van der Waals surface area contributed by atoms with E-state index in [1.807, 2.05) is 49.9 Å². The maximum absolute atomic E-state index is 12.1. The summed E-state index contributed by atoms with van der Waals surface area (Å²) in [6, 6.07) is 14.3. The van der Waals surface area contributed by atoms with Crippen LogP contribution < -0.4 is 5.32 Å². The van der Waals surface area contributed by atoms with Crippen LogP contribution in [-0.4, -0.2) is 11.7 Å². The van der Waals surface area contributed by atoms with Gasteiger partial charge in [0.1, 0.15) is 0 Å². The van der Waals surface area contributed by atoms with Crippen LogP contribution in [0.2, 0.25) is 0 Å². The molecule has 2 rings (SSSR count). The number of amides is 1. The van der Waals surface area contributed by atoms with E-state index in [-0.39, 0.29) is 5.91 Å². The molecule has 0 aliphatic rings. The molecule has 0 aliphatic heterocycles. The van der Waals surface area contributed by atoms with Crippen LogP contribution in [0.15, 0.2) is 47.4 Å². The summed E-state index contributed by atoms with van der Waals surface area (Å²) < 4.78 is 0. The Morgan fingerprint density at radius 2 is 1.67 bits per heavy atom. The molecule has 0 saturated heterocycles. The predicted molar refractivity (Wildman–Crippen MR) is 91.1 cm³/mol. The molecule has 0 heterocycles. The van der Waals surface area contributed by atoms with E-state index in [9.17, 15) is 4.79 Å². The molecule has 2 aromatic rings. The number of benzene rings is 2. The number of nitrogens with one attached hydrogen (secondary N) is 1. The molecule has 1 amide bonds. The van der Waals surface area contributed by atoms with Crippen LogP contribution in [0.3, 0.4) is 0 Å². The van der Waals surface area contributed by atoms with Gasteiger partial charge in [-0.25, -0.2) is 0 Å². The second-order valence-corrected chi connectivity index (χ2v) is 6.52. The Bertz CT molecular complexity index is 599. The molecule has 0 aliphatic carbocycles. The third-order valence-corrected chi connectivity index (χ3v) is 4.00. The van der Waals surface area contributed by atoms with Crippen LogP contribution in [0, 0.1) is 13.8 Å². The molecule has 0 spiro atoms. The summed E-state index contributed by atoms with van der Waals surface area (Å²) in [6.07, 6.45) is 0.407. The maximum atomic E-state index is 12.1. The zero-order chi connectivity index (χ0) is 15.2. The molecular weight excluding hydrogens is 278 g/mol. The van der Waals surface area contributed by atoms with Crippen molar-refractivity contribution in [1.29, 1.82) is 0 Å². The minimum absolute atomic E-state index is 0.0240. The van der Waals surface area contributed by atoms with E-state index in [1.54, 1.807) is 0 Å². The Labute approximate surface area is 131 Å². The van der Waals surface area contributed by atoms with Gasteiger partial charge in [-0.15, -0.1) is 11.8 Å². The Kier molecular flexibility index (Phi) is 5.45. The second kappa shape index (κ2) is 7.32. The van der Waals surface area contributed by atoms with E-state index < -0.39 is 0 Å². The number of carbonyl (C=O) groups is 1. The Hall–Kier alpha value is -1.74. The van der Waals surface area contributed by atoms with Crippen molar-refractivity contribution in [3.05, 3.63) is 59.2 Å². The lowest BCUT2D eigenvalue weighted by molar-refractivity contribution is -0.115. The van der Waals surface area contributed by atoms with E-state index in [4.69, 9.17) is 0 Å². The zero-order valence-corrected chi connectivity index (χ0v) is 13.6. The van der Waals surface area contributed by atoms with E-state index in [1.165, 1.54) is 4.90 Å². The molecule has 0 bridgehead atoms. The van der Waals surface area contributed by atoms with E-state index in [2.05, 4.69) is 30.4 Å². The maximum Gasteiger partial charge on any atom is 0.228 e. The van der Waals surface area contributed by atoms with Gasteiger partial charge in [-0.05, 0) is 60.6 Å². The number of aryl methyl sites for hydroxylation is 2. The van der Waals surface area contributed by atoms with Crippen molar-refractivity contribution in [3.63, 3.8) is 0 Å². The number of hydrogen-bond donors (Lipinski definition) is 1. The van der Waals surface area contributed by atoms with Gasteiger partial charge in [-0.2, -0.15) is 0 Å². The van der Waals surface area contributed by atoms with Crippen molar-refractivity contribution in [2.45, 2.75) is 32.1 Å². The average molecular weight is 299 g/mol. The van der Waals surface area contributed by atoms with Gasteiger partial charge >= 0.3 is 0 Å². The smallest absolute Gasteiger partial charge is 0.228 e. The molecule has 0 radical (unpaired) electrons. The molecule has 0 unspecified atom stereocenters. The summed E-state index contributed by atoms with van der Waals surface area (Å²) in [4.78, 5) is 13.3. The van der Waals surface area contributed by atoms with Gasteiger partial charge in [0, 0.05) is 10.6 Å². The van der Waals surface area contributed by atoms with Crippen molar-refractivity contribution in [2.75, 3.05) is 11.1 Å². The molecule has 0 saturated carbocycles. The summed E-state index contributed by atoms with van der Waals surface area (Å²) in [5.41, 5.74) is 4.23. The Morgan fingerprint density at radius 1 is 1.05 bits per heavy atom. The van der Waals surface area contributed by atoms with Crippen LogP contribution in [0.5, 0.6) is 0 Å². The molecule has 2 nitrogen and oxygen atoms in total. The summed E-state index contributed by atoms with van der Waals surface area (Å²) in [6.45, 7) is 6.20. The van der Waals surface area contributed by atoms with E-state index in [0.717, 1.165) is 28.1 Å². The summed E-state index contributed by atoms with van der Waals surface area (Å²) in [7, 11) is 0. The lowest BCUT2D eigenvalue weighted by atomic mass is 10.1. The van der Waals surface area contributed by atoms with Gasteiger partial charge < -0.3 is 5.32 Å². The average Bonchev–Trinajstić information content (AvgIpc) is 2.40. The van der Waals surface area contributed by atoms with Gasteiger partial charge in [0.15, 0.2) is 0 Å². The van der Waals surface area contributed by atoms with Crippen LogP contribution in [0.25, 0.3) is 0 Å². The van der Waals surface area contributed by atoms with Gasteiger partial charge in [0.2, 0.25) is 5.91 Å². The van der Waals surface area contributed by atoms with Crippen LogP contribution in [0.1, 0.15) is 23.6 Å². The molecular formula is C18H21NOS. The Morgan fingerprint density at radius 3 is 2.24 bits per heavy atom. The number of rotatable bonds is 5. The van der Waals surface area contributed by atoms with Gasteiger partial charge in [0.05, 0.1) is 6.42 Å². The number of anilines is 1. The molecule has 21 heavy (non-hydrogen) atoms. The lowest BCUT2D eigenvalue weighted by Crippen LogP contribution is -2.14. The molecule has 3 heteroatoms. The number of carbonyl (C=O) groups excluding carboxylic acids is 1. The normalized spacial score (nSPS) is 10.4. The zero-order valence-electron chi connectivity index (χ0n) is 12.8. The molecule has 1 N–H and O–H groups in total. The first kappa shape index (κ1) is 15.6. The highest BCUT2D eigenvalue weighted by atomic mass is 32.2. The fourth-order valence-corrected chi connectivity index (χ4v) is 2.97. The fraction of sp³-hybridized carbons (Fsp3) is 0.278. The molecule has 0 fully saturated rings. The molecule has 2 aromatic carbocycles.